The van der Waals surface area contributed by atoms with E-state index in [0.717, 1.165) is 29.9 Å². The summed E-state index contributed by atoms with van der Waals surface area (Å²) >= 11 is 0. The fraction of sp³-hybridized carbons (Fsp3) is 0.333. The predicted octanol–water partition coefficient (Wildman–Crippen LogP) is 5.57. The number of benzene rings is 2. The van der Waals surface area contributed by atoms with Gasteiger partial charge >= 0.3 is 0 Å². The Morgan fingerprint density at radius 2 is 1.35 bits per heavy atom. The van der Waals surface area contributed by atoms with E-state index in [9.17, 15) is 4.39 Å². The lowest BCUT2D eigenvalue weighted by molar-refractivity contribution is 0.304. The first kappa shape index (κ1) is 17.1. The van der Waals surface area contributed by atoms with Crippen LogP contribution in [0.15, 0.2) is 48.5 Å². The predicted molar refractivity (Wildman–Crippen MR) is 93.1 cm³/mol. The first-order valence-electron chi connectivity index (χ1n) is 8.28. The molecule has 0 aromatic heterocycles. The maximum absolute atomic E-state index is 12.8. The Balaban J connectivity index is 1.79. The van der Waals surface area contributed by atoms with Gasteiger partial charge in [-0.25, -0.2) is 4.39 Å². The van der Waals surface area contributed by atoms with Crippen LogP contribution in [0.5, 0.6) is 5.75 Å². The van der Waals surface area contributed by atoms with Crippen molar-refractivity contribution in [2.45, 2.75) is 39.0 Å². The summed E-state index contributed by atoms with van der Waals surface area (Å²) in [5, 5.41) is 0. The maximum Gasteiger partial charge on any atom is 0.123 e. The summed E-state index contributed by atoms with van der Waals surface area (Å²) < 4.78 is 18.5. The van der Waals surface area contributed by atoms with Crippen molar-refractivity contribution in [1.29, 1.82) is 0 Å². The molecular weight excluding hydrogens is 287 g/mol. The maximum atomic E-state index is 12.8. The molecule has 0 saturated carbocycles. The third kappa shape index (κ3) is 6.57. The minimum atomic E-state index is -0.244. The van der Waals surface area contributed by atoms with Gasteiger partial charge in [0.1, 0.15) is 11.6 Å². The van der Waals surface area contributed by atoms with Gasteiger partial charge in [0.15, 0.2) is 0 Å². The highest BCUT2D eigenvalue weighted by Gasteiger charge is 1.95. The first-order chi connectivity index (χ1) is 11.3. The summed E-state index contributed by atoms with van der Waals surface area (Å²) in [5.74, 6) is 6.73. The van der Waals surface area contributed by atoms with Gasteiger partial charge in [-0.2, -0.15) is 0 Å². The molecule has 0 N–H and O–H groups in total. The fourth-order valence-electron chi connectivity index (χ4n) is 2.21. The average Bonchev–Trinajstić information content (AvgIpc) is 2.58. The van der Waals surface area contributed by atoms with Gasteiger partial charge in [0.05, 0.1) is 6.61 Å². The van der Waals surface area contributed by atoms with Crippen molar-refractivity contribution in [3.05, 3.63) is 65.5 Å². The molecule has 0 aliphatic rings. The molecular formula is C21H23FO. The molecule has 23 heavy (non-hydrogen) atoms. The number of ether oxygens (including phenoxy) is 1. The lowest BCUT2D eigenvalue weighted by Gasteiger charge is -2.05. The molecule has 2 heteroatoms. The van der Waals surface area contributed by atoms with Crippen LogP contribution in [0.3, 0.4) is 0 Å². The van der Waals surface area contributed by atoms with E-state index in [1.807, 2.05) is 24.3 Å². The van der Waals surface area contributed by atoms with E-state index in [4.69, 9.17) is 4.74 Å². The van der Waals surface area contributed by atoms with Crippen LogP contribution in [0.4, 0.5) is 4.39 Å². The standard InChI is InChI=1S/C21H23FO/c1-2-3-4-5-6-17-23-21-15-11-19(12-16-21)8-7-18-9-13-20(22)14-10-18/h9-16H,2-6,17H2,1H3. The third-order valence-electron chi connectivity index (χ3n) is 3.57. The summed E-state index contributed by atoms with van der Waals surface area (Å²) in [6, 6.07) is 14.0. The highest BCUT2D eigenvalue weighted by atomic mass is 19.1. The largest absolute Gasteiger partial charge is 0.494 e. The third-order valence-corrected chi connectivity index (χ3v) is 3.57. The zero-order valence-corrected chi connectivity index (χ0v) is 13.6. The molecule has 0 bridgehead atoms. The summed E-state index contributed by atoms with van der Waals surface area (Å²) in [5.41, 5.74) is 1.73. The van der Waals surface area contributed by atoms with Gasteiger partial charge in [0, 0.05) is 11.1 Å². The average molecular weight is 310 g/mol. The van der Waals surface area contributed by atoms with Crippen LogP contribution in [0.2, 0.25) is 0 Å². The number of rotatable bonds is 7. The van der Waals surface area contributed by atoms with E-state index >= 15 is 0 Å². The molecule has 0 unspecified atom stereocenters. The van der Waals surface area contributed by atoms with E-state index in [0.29, 0.717) is 0 Å². The van der Waals surface area contributed by atoms with E-state index in [2.05, 4.69) is 18.8 Å². The number of hydrogen-bond acceptors (Lipinski definition) is 1. The van der Waals surface area contributed by atoms with Gasteiger partial charge < -0.3 is 4.74 Å². The topological polar surface area (TPSA) is 9.23 Å². The Kier molecular flexibility index (Phi) is 7.20. The van der Waals surface area contributed by atoms with E-state index in [-0.39, 0.29) is 5.82 Å². The highest BCUT2D eigenvalue weighted by Crippen LogP contribution is 2.13. The number of unbranched alkanes of at least 4 members (excludes halogenated alkanes) is 4. The number of hydrogen-bond donors (Lipinski definition) is 0. The summed E-state index contributed by atoms with van der Waals surface area (Å²) in [4.78, 5) is 0. The highest BCUT2D eigenvalue weighted by molar-refractivity contribution is 5.44. The van der Waals surface area contributed by atoms with Crippen molar-refractivity contribution in [2.24, 2.45) is 0 Å². The normalized spacial score (nSPS) is 10.0. The van der Waals surface area contributed by atoms with Gasteiger partial charge in [-0.15, -0.1) is 0 Å². The zero-order valence-electron chi connectivity index (χ0n) is 13.6. The second-order valence-corrected chi connectivity index (χ2v) is 5.54. The van der Waals surface area contributed by atoms with Gasteiger partial charge in [-0.05, 0) is 55.0 Å². The minimum Gasteiger partial charge on any atom is -0.494 e. The molecule has 2 aromatic carbocycles. The lowest BCUT2D eigenvalue weighted by Crippen LogP contribution is -1.97. The van der Waals surface area contributed by atoms with Gasteiger partial charge in [-0.3, -0.25) is 0 Å². The Morgan fingerprint density at radius 3 is 1.96 bits per heavy atom. The second kappa shape index (κ2) is 9.69. The van der Waals surface area contributed by atoms with Gasteiger partial charge in [0.2, 0.25) is 0 Å². The van der Waals surface area contributed by atoms with Crippen molar-refractivity contribution in [3.8, 4) is 17.6 Å². The molecule has 0 saturated heterocycles. The van der Waals surface area contributed by atoms with Crippen molar-refractivity contribution < 1.29 is 9.13 Å². The summed E-state index contributed by atoms with van der Waals surface area (Å²) in [6.45, 7) is 2.99. The smallest absolute Gasteiger partial charge is 0.123 e. The summed E-state index contributed by atoms with van der Waals surface area (Å²) in [7, 11) is 0. The molecule has 0 heterocycles. The van der Waals surface area contributed by atoms with Gasteiger partial charge in [0.25, 0.3) is 0 Å². The Labute approximate surface area is 138 Å². The van der Waals surface area contributed by atoms with Crippen molar-refractivity contribution in [2.75, 3.05) is 6.61 Å². The minimum absolute atomic E-state index is 0.244. The Hall–Kier alpha value is -2.27. The molecule has 0 amide bonds. The molecule has 0 atom stereocenters. The summed E-state index contributed by atoms with van der Waals surface area (Å²) in [6.07, 6.45) is 6.20. The Bertz CT molecular complexity index is 632. The lowest BCUT2D eigenvalue weighted by atomic mass is 10.1. The molecule has 2 rings (SSSR count). The van der Waals surface area contributed by atoms with E-state index in [1.54, 1.807) is 12.1 Å². The van der Waals surface area contributed by atoms with E-state index < -0.39 is 0 Å². The first-order valence-corrected chi connectivity index (χ1v) is 8.28. The van der Waals surface area contributed by atoms with Crippen LogP contribution in [0.1, 0.15) is 50.2 Å². The van der Waals surface area contributed by atoms with E-state index in [1.165, 1.54) is 37.8 Å². The molecule has 1 nitrogen and oxygen atoms in total. The molecule has 2 aromatic rings. The molecule has 0 spiro atoms. The molecule has 0 aliphatic heterocycles. The molecule has 120 valence electrons. The van der Waals surface area contributed by atoms with Crippen molar-refractivity contribution in [1.82, 2.24) is 0 Å². The zero-order chi connectivity index (χ0) is 16.3. The van der Waals surface area contributed by atoms with Crippen molar-refractivity contribution >= 4 is 0 Å². The van der Waals surface area contributed by atoms with Crippen LogP contribution in [0, 0.1) is 17.7 Å². The van der Waals surface area contributed by atoms with Crippen LogP contribution in [-0.4, -0.2) is 6.61 Å². The van der Waals surface area contributed by atoms with Crippen LogP contribution >= 0.6 is 0 Å². The molecule has 0 aliphatic carbocycles. The SMILES string of the molecule is CCCCCCCOc1ccc(C#Cc2ccc(F)cc2)cc1. The van der Waals surface area contributed by atoms with Crippen molar-refractivity contribution in [3.63, 3.8) is 0 Å². The quantitative estimate of drug-likeness (QED) is 0.479. The molecule has 0 radical (unpaired) electrons. The van der Waals surface area contributed by atoms with Gasteiger partial charge in [-0.1, -0.05) is 44.4 Å². The fourth-order valence-corrected chi connectivity index (χ4v) is 2.21. The number of halogens is 1. The van der Waals surface area contributed by atoms with Crippen LogP contribution < -0.4 is 4.74 Å². The monoisotopic (exact) mass is 310 g/mol. The van der Waals surface area contributed by atoms with Crippen LogP contribution in [-0.2, 0) is 0 Å². The Morgan fingerprint density at radius 1 is 0.783 bits per heavy atom. The van der Waals surface area contributed by atoms with Crippen LogP contribution in [0.25, 0.3) is 0 Å². The molecule has 0 fully saturated rings. The second-order valence-electron chi connectivity index (χ2n) is 5.54.